The Balaban J connectivity index is 0.00000110. The summed E-state index contributed by atoms with van der Waals surface area (Å²) in [5.41, 5.74) is 0.659. The molecule has 8 heteroatoms. The summed E-state index contributed by atoms with van der Waals surface area (Å²) in [6.07, 6.45) is 2.99. The first-order valence-electron chi connectivity index (χ1n) is 6.04. The number of imidazole rings is 1. The molecule has 1 aliphatic rings. The molecule has 0 aliphatic carbocycles. The minimum absolute atomic E-state index is 0. The number of rotatable bonds is 2. The number of aromatic nitrogens is 2. The molecule has 21 heavy (non-hydrogen) atoms. The summed E-state index contributed by atoms with van der Waals surface area (Å²) < 4.78 is 15.0. The Morgan fingerprint density at radius 3 is 2.71 bits per heavy atom. The zero-order chi connectivity index (χ0) is 13.4. The number of β-amino-alcohol motifs (C(OH)–C–C–N with tert-alkyl or cyclic N) is 1. The third-order valence-corrected chi connectivity index (χ3v) is 3.66. The molecule has 1 fully saturated rings. The number of hydrogen-bond acceptors (Lipinski definition) is 3. The number of nitrogens with one attached hydrogen (secondary N) is 1. The molecule has 116 valence electrons. The second kappa shape index (κ2) is 7.42. The molecule has 0 spiro atoms. The third-order valence-electron chi connectivity index (χ3n) is 3.35. The Kier molecular flexibility index (Phi) is 6.43. The smallest absolute Gasteiger partial charge is 0.141 e. The Hall–Kier alpha value is -0.850. The Morgan fingerprint density at radius 2 is 2.10 bits per heavy atom. The van der Waals surface area contributed by atoms with E-state index in [1.165, 1.54) is 12.1 Å². The van der Waals surface area contributed by atoms with Gasteiger partial charge in [0.25, 0.3) is 0 Å². The highest BCUT2D eigenvalue weighted by Crippen LogP contribution is 2.30. The lowest BCUT2D eigenvalue weighted by atomic mass is 10.1. The molecule has 3 rings (SSSR count). The Morgan fingerprint density at radius 1 is 1.33 bits per heavy atom. The van der Waals surface area contributed by atoms with Gasteiger partial charge in [-0.1, -0.05) is 11.6 Å². The van der Waals surface area contributed by atoms with Crippen LogP contribution in [-0.4, -0.2) is 33.9 Å². The number of halogens is 4. The summed E-state index contributed by atoms with van der Waals surface area (Å²) in [5, 5.41) is 13.4. The number of aliphatic hydroxyl groups is 1. The van der Waals surface area contributed by atoms with E-state index in [0.29, 0.717) is 29.5 Å². The predicted molar refractivity (Wildman–Crippen MR) is 85.0 cm³/mol. The van der Waals surface area contributed by atoms with Crippen LogP contribution in [0.2, 0.25) is 5.02 Å². The summed E-state index contributed by atoms with van der Waals surface area (Å²) in [4.78, 5) is 4.27. The van der Waals surface area contributed by atoms with Crippen LogP contribution in [0.5, 0.6) is 0 Å². The van der Waals surface area contributed by atoms with Crippen LogP contribution in [0.1, 0.15) is 6.04 Å². The molecule has 0 saturated carbocycles. The lowest BCUT2D eigenvalue weighted by Gasteiger charge is -2.18. The second-order valence-electron chi connectivity index (χ2n) is 4.58. The zero-order valence-corrected chi connectivity index (χ0v) is 13.3. The fraction of sp³-hybridized carbons (Fsp3) is 0.308. The number of benzene rings is 1. The quantitative estimate of drug-likeness (QED) is 0.872. The Labute approximate surface area is 139 Å². The molecule has 1 aliphatic heterocycles. The van der Waals surface area contributed by atoms with Crippen LogP contribution in [0, 0.1) is 5.82 Å². The first kappa shape index (κ1) is 18.2. The number of aliphatic hydroxyl groups excluding tert-OH is 1. The molecule has 2 atom stereocenters. The highest BCUT2D eigenvalue weighted by molar-refractivity contribution is 6.33. The topological polar surface area (TPSA) is 50.1 Å². The van der Waals surface area contributed by atoms with Gasteiger partial charge >= 0.3 is 0 Å². The molecular formula is C13H15Cl3FN3O. The van der Waals surface area contributed by atoms with E-state index in [2.05, 4.69) is 10.3 Å². The van der Waals surface area contributed by atoms with Gasteiger partial charge in [0.2, 0.25) is 0 Å². The van der Waals surface area contributed by atoms with Crippen LogP contribution in [0.4, 0.5) is 4.39 Å². The molecule has 1 aromatic heterocycles. The van der Waals surface area contributed by atoms with Crippen LogP contribution in [0.15, 0.2) is 30.6 Å². The van der Waals surface area contributed by atoms with Crippen molar-refractivity contribution in [3.8, 4) is 11.4 Å². The molecule has 0 unspecified atom stereocenters. The van der Waals surface area contributed by atoms with Gasteiger partial charge in [0.1, 0.15) is 11.6 Å². The maximum atomic E-state index is 13.1. The summed E-state index contributed by atoms with van der Waals surface area (Å²) in [5.74, 6) is 0.257. The van der Waals surface area contributed by atoms with Crippen molar-refractivity contribution in [2.24, 2.45) is 0 Å². The molecule has 2 aromatic rings. The van der Waals surface area contributed by atoms with E-state index < -0.39 is 6.10 Å². The van der Waals surface area contributed by atoms with Crippen molar-refractivity contribution < 1.29 is 9.50 Å². The SMILES string of the molecule is Cl.Cl.O[C@H]1CNC[C@H]1n1ccnc1-c1ccc(F)cc1Cl. The molecule has 2 heterocycles. The number of hydrogen-bond donors (Lipinski definition) is 2. The van der Waals surface area contributed by atoms with Gasteiger partial charge in [-0.15, -0.1) is 24.8 Å². The van der Waals surface area contributed by atoms with Crippen LogP contribution in [0.25, 0.3) is 11.4 Å². The standard InChI is InChI=1S/C13H13ClFN3O.2ClH/c14-10-5-8(15)1-2-9(10)13-17-3-4-18(13)11-6-16-7-12(11)19;;/h1-5,11-12,16,19H,6-7H2;2*1H/t11-,12+;;/m1../s1. The monoisotopic (exact) mass is 353 g/mol. The zero-order valence-electron chi connectivity index (χ0n) is 10.9. The molecule has 0 radical (unpaired) electrons. The Bertz CT molecular complexity index is 608. The molecule has 4 nitrogen and oxygen atoms in total. The predicted octanol–water partition coefficient (Wildman–Crippen LogP) is 2.69. The summed E-state index contributed by atoms with van der Waals surface area (Å²) in [7, 11) is 0. The van der Waals surface area contributed by atoms with Crippen LogP contribution in [-0.2, 0) is 0 Å². The van der Waals surface area contributed by atoms with Crippen molar-refractivity contribution in [2.45, 2.75) is 12.1 Å². The third kappa shape index (κ3) is 3.49. The lowest BCUT2D eigenvalue weighted by Crippen LogP contribution is -2.22. The van der Waals surface area contributed by atoms with E-state index in [4.69, 9.17) is 11.6 Å². The van der Waals surface area contributed by atoms with Crippen molar-refractivity contribution in [3.63, 3.8) is 0 Å². The normalized spacial score (nSPS) is 20.7. The van der Waals surface area contributed by atoms with Crippen molar-refractivity contribution in [1.82, 2.24) is 14.9 Å². The second-order valence-corrected chi connectivity index (χ2v) is 4.98. The fourth-order valence-electron chi connectivity index (χ4n) is 2.40. The van der Waals surface area contributed by atoms with E-state index in [1.807, 2.05) is 4.57 Å². The first-order valence-corrected chi connectivity index (χ1v) is 6.41. The van der Waals surface area contributed by atoms with Crippen LogP contribution in [0.3, 0.4) is 0 Å². The summed E-state index contributed by atoms with van der Waals surface area (Å²) >= 11 is 6.06. The molecule has 2 N–H and O–H groups in total. The minimum Gasteiger partial charge on any atom is -0.390 e. The van der Waals surface area contributed by atoms with Crippen LogP contribution >= 0.6 is 36.4 Å². The van der Waals surface area contributed by atoms with Crippen molar-refractivity contribution in [2.75, 3.05) is 13.1 Å². The average Bonchev–Trinajstić information content (AvgIpc) is 2.97. The highest BCUT2D eigenvalue weighted by Gasteiger charge is 2.28. The van der Waals surface area contributed by atoms with E-state index in [0.717, 1.165) is 0 Å². The maximum Gasteiger partial charge on any atom is 0.141 e. The van der Waals surface area contributed by atoms with Crippen molar-refractivity contribution in [3.05, 3.63) is 41.4 Å². The van der Waals surface area contributed by atoms with Gasteiger partial charge in [-0.05, 0) is 18.2 Å². The van der Waals surface area contributed by atoms with Gasteiger partial charge in [0, 0.05) is 31.0 Å². The van der Waals surface area contributed by atoms with E-state index in [1.54, 1.807) is 18.5 Å². The molecule has 0 bridgehead atoms. The van der Waals surface area contributed by atoms with E-state index >= 15 is 0 Å². The highest BCUT2D eigenvalue weighted by atomic mass is 35.5. The van der Waals surface area contributed by atoms with Gasteiger partial charge < -0.3 is 15.0 Å². The fourth-order valence-corrected chi connectivity index (χ4v) is 2.65. The lowest BCUT2D eigenvalue weighted by molar-refractivity contribution is 0.151. The minimum atomic E-state index is -0.466. The largest absolute Gasteiger partial charge is 0.390 e. The van der Waals surface area contributed by atoms with E-state index in [9.17, 15) is 9.50 Å². The van der Waals surface area contributed by atoms with Gasteiger partial charge in [0.15, 0.2) is 0 Å². The van der Waals surface area contributed by atoms with Gasteiger partial charge in [-0.3, -0.25) is 0 Å². The molecular weight excluding hydrogens is 340 g/mol. The molecule has 0 amide bonds. The molecule has 1 saturated heterocycles. The van der Waals surface area contributed by atoms with Crippen molar-refractivity contribution >= 4 is 36.4 Å². The van der Waals surface area contributed by atoms with Crippen LogP contribution < -0.4 is 5.32 Å². The maximum absolute atomic E-state index is 13.1. The summed E-state index contributed by atoms with van der Waals surface area (Å²) in [6.45, 7) is 1.22. The van der Waals surface area contributed by atoms with Gasteiger partial charge in [-0.25, -0.2) is 9.37 Å². The first-order chi connectivity index (χ1) is 9.16. The van der Waals surface area contributed by atoms with Gasteiger partial charge in [-0.2, -0.15) is 0 Å². The summed E-state index contributed by atoms with van der Waals surface area (Å²) in [6, 6.07) is 4.13. The van der Waals surface area contributed by atoms with Gasteiger partial charge in [0.05, 0.1) is 17.2 Å². The average molecular weight is 355 g/mol. The number of nitrogens with zero attached hydrogens (tertiary/aromatic N) is 2. The molecule has 1 aromatic carbocycles. The van der Waals surface area contributed by atoms with Crippen molar-refractivity contribution in [1.29, 1.82) is 0 Å². The van der Waals surface area contributed by atoms with E-state index in [-0.39, 0.29) is 36.7 Å².